The highest BCUT2D eigenvalue weighted by Crippen LogP contribution is 2.19. The van der Waals surface area contributed by atoms with Crippen molar-refractivity contribution < 1.29 is 19.4 Å². The summed E-state index contributed by atoms with van der Waals surface area (Å²) in [5, 5.41) is 11.5. The van der Waals surface area contributed by atoms with Gasteiger partial charge in [-0.2, -0.15) is 0 Å². The predicted octanol–water partition coefficient (Wildman–Crippen LogP) is 2.89. The molecule has 0 aliphatic carbocycles. The molecule has 0 atom stereocenters. The molecule has 0 fully saturated rings. The molecular formula is C18H19NO4. The van der Waals surface area contributed by atoms with Gasteiger partial charge >= 0.3 is 5.97 Å². The van der Waals surface area contributed by atoms with Crippen molar-refractivity contribution in [3.8, 4) is 5.75 Å². The zero-order valence-corrected chi connectivity index (χ0v) is 12.9. The van der Waals surface area contributed by atoms with Crippen LogP contribution >= 0.6 is 0 Å². The van der Waals surface area contributed by atoms with Crippen LogP contribution in [0.1, 0.15) is 17.5 Å². The summed E-state index contributed by atoms with van der Waals surface area (Å²) in [5.74, 6) is -0.196. The second-order valence-electron chi connectivity index (χ2n) is 5.13. The number of aryl methyl sites for hydroxylation is 1. The fraction of sp³-hybridized carbons (Fsp3) is 0.222. The van der Waals surface area contributed by atoms with Gasteiger partial charge in [0, 0.05) is 12.1 Å². The van der Waals surface area contributed by atoms with Crippen LogP contribution in [0.5, 0.6) is 5.75 Å². The minimum atomic E-state index is -0.876. The van der Waals surface area contributed by atoms with Crippen molar-refractivity contribution in [2.24, 2.45) is 0 Å². The van der Waals surface area contributed by atoms with Crippen LogP contribution in [0.25, 0.3) is 0 Å². The number of rotatable bonds is 7. The molecule has 0 spiro atoms. The molecule has 5 heteroatoms. The number of aliphatic carboxylic acids is 1. The Kier molecular flexibility index (Phi) is 5.74. The first-order chi connectivity index (χ1) is 11.1. The van der Waals surface area contributed by atoms with Gasteiger partial charge in [0.1, 0.15) is 5.75 Å². The lowest BCUT2D eigenvalue weighted by atomic mass is 10.1. The summed E-state index contributed by atoms with van der Waals surface area (Å²) in [6.45, 7) is 0. The van der Waals surface area contributed by atoms with Crippen LogP contribution in [-0.4, -0.2) is 24.1 Å². The summed E-state index contributed by atoms with van der Waals surface area (Å²) in [4.78, 5) is 22.6. The fourth-order valence-corrected chi connectivity index (χ4v) is 2.26. The second kappa shape index (κ2) is 7.98. The molecule has 0 saturated carbocycles. The zero-order chi connectivity index (χ0) is 16.7. The van der Waals surface area contributed by atoms with Gasteiger partial charge < -0.3 is 15.2 Å². The number of carboxylic acid groups (broad SMARTS) is 1. The highest BCUT2D eigenvalue weighted by Gasteiger charge is 2.07. The molecule has 0 aliphatic rings. The normalized spacial score (nSPS) is 10.1. The van der Waals surface area contributed by atoms with E-state index in [0.29, 0.717) is 24.1 Å². The van der Waals surface area contributed by atoms with Crippen LogP contribution in [-0.2, 0) is 22.4 Å². The predicted molar refractivity (Wildman–Crippen MR) is 87.7 cm³/mol. The van der Waals surface area contributed by atoms with Gasteiger partial charge in [-0.1, -0.05) is 30.3 Å². The second-order valence-corrected chi connectivity index (χ2v) is 5.13. The number of nitrogens with one attached hydrogen (secondary N) is 1. The Labute approximate surface area is 134 Å². The van der Waals surface area contributed by atoms with E-state index in [9.17, 15) is 9.59 Å². The van der Waals surface area contributed by atoms with Gasteiger partial charge in [0.2, 0.25) is 5.91 Å². The minimum Gasteiger partial charge on any atom is -0.496 e. The molecule has 2 aromatic rings. The third-order valence-electron chi connectivity index (χ3n) is 3.41. The number of hydrogen-bond acceptors (Lipinski definition) is 3. The van der Waals surface area contributed by atoms with Crippen LogP contribution in [0.4, 0.5) is 5.69 Å². The number of carbonyl (C=O) groups excluding carboxylic acids is 1. The van der Waals surface area contributed by atoms with E-state index in [1.54, 1.807) is 31.4 Å². The lowest BCUT2D eigenvalue weighted by Gasteiger charge is -2.09. The van der Waals surface area contributed by atoms with Crippen molar-refractivity contribution in [2.75, 3.05) is 12.4 Å². The highest BCUT2D eigenvalue weighted by atomic mass is 16.5. The Bertz CT molecular complexity index is 680. The SMILES string of the molecule is COc1ccccc1CCC(=O)Nc1ccc(CC(=O)O)cc1. The number of benzene rings is 2. The van der Waals surface area contributed by atoms with E-state index in [4.69, 9.17) is 9.84 Å². The van der Waals surface area contributed by atoms with Crippen LogP contribution in [0, 0.1) is 0 Å². The number of ether oxygens (including phenoxy) is 1. The number of para-hydroxylation sites is 1. The van der Waals surface area contributed by atoms with Crippen LogP contribution < -0.4 is 10.1 Å². The Morgan fingerprint density at radius 3 is 2.43 bits per heavy atom. The van der Waals surface area contributed by atoms with E-state index < -0.39 is 5.97 Å². The molecule has 5 nitrogen and oxygen atoms in total. The van der Waals surface area contributed by atoms with Gasteiger partial charge in [0.15, 0.2) is 0 Å². The molecule has 0 unspecified atom stereocenters. The Morgan fingerprint density at radius 1 is 1.09 bits per heavy atom. The molecule has 2 N–H and O–H groups in total. The Morgan fingerprint density at radius 2 is 1.78 bits per heavy atom. The molecule has 0 saturated heterocycles. The molecule has 0 heterocycles. The molecule has 1 amide bonds. The van der Waals surface area contributed by atoms with Crippen molar-refractivity contribution in [1.82, 2.24) is 0 Å². The monoisotopic (exact) mass is 313 g/mol. The number of carboxylic acids is 1. The topological polar surface area (TPSA) is 75.6 Å². The van der Waals surface area contributed by atoms with Gasteiger partial charge in [-0.25, -0.2) is 0 Å². The van der Waals surface area contributed by atoms with E-state index in [1.807, 2.05) is 24.3 Å². The lowest BCUT2D eigenvalue weighted by molar-refractivity contribution is -0.136. The summed E-state index contributed by atoms with van der Waals surface area (Å²) in [7, 11) is 1.61. The molecule has 2 aromatic carbocycles. The molecule has 0 aromatic heterocycles. The average molecular weight is 313 g/mol. The number of methoxy groups -OCH3 is 1. The van der Waals surface area contributed by atoms with Crippen molar-refractivity contribution in [3.63, 3.8) is 0 Å². The third-order valence-corrected chi connectivity index (χ3v) is 3.41. The van der Waals surface area contributed by atoms with Crippen molar-refractivity contribution >= 4 is 17.6 Å². The molecular weight excluding hydrogens is 294 g/mol. The standard InChI is InChI=1S/C18H19NO4/c1-23-16-5-3-2-4-14(16)8-11-17(20)19-15-9-6-13(7-10-15)12-18(21)22/h2-7,9-10H,8,11-12H2,1H3,(H,19,20)(H,21,22). The van der Waals surface area contributed by atoms with E-state index in [1.165, 1.54) is 0 Å². The first-order valence-electron chi connectivity index (χ1n) is 7.31. The average Bonchev–Trinajstić information content (AvgIpc) is 2.54. The van der Waals surface area contributed by atoms with Crippen molar-refractivity contribution in [3.05, 3.63) is 59.7 Å². The van der Waals surface area contributed by atoms with Crippen molar-refractivity contribution in [2.45, 2.75) is 19.3 Å². The van der Waals surface area contributed by atoms with Gasteiger partial charge in [0.25, 0.3) is 0 Å². The summed E-state index contributed by atoms with van der Waals surface area (Å²) >= 11 is 0. The van der Waals surface area contributed by atoms with E-state index in [-0.39, 0.29) is 12.3 Å². The number of hydrogen-bond donors (Lipinski definition) is 2. The molecule has 0 bridgehead atoms. The van der Waals surface area contributed by atoms with E-state index >= 15 is 0 Å². The van der Waals surface area contributed by atoms with Crippen LogP contribution in [0.2, 0.25) is 0 Å². The number of amides is 1. The maximum absolute atomic E-state index is 12.0. The van der Waals surface area contributed by atoms with Crippen LogP contribution in [0.3, 0.4) is 0 Å². The smallest absolute Gasteiger partial charge is 0.307 e. The number of anilines is 1. The summed E-state index contributed by atoms with van der Waals surface area (Å²) in [6.07, 6.45) is 0.909. The number of carbonyl (C=O) groups is 2. The summed E-state index contributed by atoms with van der Waals surface area (Å²) < 4.78 is 5.26. The van der Waals surface area contributed by atoms with Crippen LogP contribution in [0.15, 0.2) is 48.5 Å². The first-order valence-corrected chi connectivity index (χ1v) is 7.31. The first kappa shape index (κ1) is 16.5. The van der Waals surface area contributed by atoms with Gasteiger partial charge in [-0.3, -0.25) is 9.59 Å². The third kappa shape index (κ3) is 5.14. The van der Waals surface area contributed by atoms with Gasteiger partial charge in [-0.05, 0) is 35.7 Å². The lowest BCUT2D eigenvalue weighted by Crippen LogP contribution is -2.12. The zero-order valence-electron chi connectivity index (χ0n) is 12.9. The van der Waals surface area contributed by atoms with Gasteiger partial charge in [-0.15, -0.1) is 0 Å². The van der Waals surface area contributed by atoms with Gasteiger partial charge in [0.05, 0.1) is 13.5 Å². The molecule has 120 valence electrons. The highest BCUT2D eigenvalue weighted by molar-refractivity contribution is 5.90. The molecule has 23 heavy (non-hydrogen) atoms. The summed E-state index contributed by atoms with van der Waals surface area (Å²) in [5.41, 5.74) is 2.34. The minimum absolute atomic E-state index is 0.0258. The maximum atomic E-state index is 12.0. The Hall–Kier alpha value is -2.82. The fourth-order valence-electron chi connectivity index (χ4n) is 2.26. The molecule has 0 radical (unpaired) electrons. The largest absolute Gasteiger partial charge is 0.496 e. The summed E-state index contributed by atoms with van der Waals surface area (Å²) in [6, 6.07) is 14.4. The molecule has 0 aliphatic heterocycles. The van der Waals surface area contributed by atoms with E-state index in [2.05, 4.69) is 5.32 Å². The Balaban J connectivity index is 1.88. The maximum Gasteiger partial charge on any atom is 0.307 e. The molecule has 2 rings (SSSR count). The van der Waals surface area contributed by atoms with Crippen molar-refractivity contribution in [1.29, 1.82) is 0 Å². The quantitative estimate of drug-likeness (QED) is 0.824. The van der Waals surface area contributed by atoms with E-state index in [0.717, 1.165) is 11.3 Å².